The second kappa shape index (κ2) is 6.98. The summed E-state index contributed by atoms with van der Waals surface area (Å²) in [6.07, 6.45) is 1.50. The van der Waals surface area contributed by atoms with Crippen LogP contribution in [0.3, 0.4) is 0 Å². The molecular weight excluding hydrogens is 250 g/mol. The maximum atomic E-state index is 10.1. The molecule has 0 aliphatic heterocycles. The first-order valence-electron chi connectivity index (χ1n) is 6.30. The van der Waals surface area contributed by atoms with E-state index in [0.717, 1.165) is 18.4 Å². The molecule has 0 fully saturated rings. The minimum atomic E-state index is -0.615. The summed E-state index contributed by atoms with van der Waals surface area (Å²) in [4.78, 5) is 0. The van der Waals surface area contributed by atoms with Gasteiger partial charge in [0.1, 0.15) is 5.75 Å². The van der Waals surface area contributed by atoms with Gasteiger partial charge in [-0.15, -0.1) is 0 Å². The summed E-state index contributed by atoms with van der Waals surface area (Å²) in [6.45, 7) is 5.26. The highest BCUT2D eigenvalue weighted by atomic mass is 35.5. The summed E-state index contributed by atoms with van der Waals surface area (Å²) in [6, 6.07) is 5.70. The third-order valence-electron chi connectivity index (χ3n) is 3.32. The second-order valence-corrected chi connectivity index (χ2v) is 4.91. The number of hydrogen-bond acceptors (Lipinski definition) is 3. The van der Waals surface area contributed by atoms with Crippen LogP contribution in [-0.4, -0.2) is 24.4 Å². The zero-order valence-corrected chi connectivity index (χ0v) is 12.0. The molecule has 3 nitrogen and oxygen atoms in total. The van der Waals surface area contributed by atoms with Gasteiger partial charge in [-0.1, -0.05) is 31.5 Å². The Labute approximate surface area is 114 Å². The first-order valence-corrected chi connectivity index (χ1v) is 6.68. The SMILES string of the molecule is CCC(O)(CC)CNCc1ccc(OC)c(Cl)c1. The van der Waals surface area contributed by atoms with Gasteiger partial charge in [0.05, 0.1) is 17.7 Å². The molecule has 102 valence electrons. The summed E-state index contributed by atoms with van der Waals surface area (Å²) in [5.41, 5.74) is 0.464. The molecule has 0 saturated carbocycles. The van der Waals surface area contributed by atoms with Gasteiger partial charge in [-0.25, -0.2) is 0 Å². The molecule has 0 atom stereocenters. The number of aliphatic hydroxyl groups is 1. The molecule has 0 saturated heterocycles. The maximum Gasteiger partial charge on any atom is 0.137 e. The minimum Gasteiger partial charge on any atom is -0.495 e. The number of halogens is 1. The molecule has 0 unspecified atom stereocenters. The maximum absolute atomic E-state index is 10.1. The fourth-order valence-electron chi connectivity index (χ4n) is 1.76. The molecule has 1 aromatic carbocycles. The molecule has 0 aliphatic carbocycles. The van der Waals surface area contributed by atoms with Crippen molar-refractivity contribution in [2.24, 2.45) is 0 Å². The predicted molar refractivity (Wildman–Crippen MR) is 75.2 cm³/mol. The predicted octanol–water partition coefficient (Wildman–Crippen LogP) is 2.99. The van der Waals surface area contributed by atoms with Crippen molar-refractivity contribution in [1.29, 1.82) is 0 Å². The number of rotatable bonds is 7. The molecular formula is C14H22ClNO2. The van der Waals surface area contributed by atoms with Crippen LogP contribution >= 0.6 is 11.6 Å². The summed E-state index contributed by atoms with van der Waals surface area (Å²) < 4.78 is 5.10. The lowest BCUT2D eigenvalue weighted by Crippen LogP contribution is -2.39. The Morgan fingerprint density at radius 3 is 2.50 bits per heavy atom. The van der Waals surface area contributed by atoms with E-state index in [4.69, 9.17) is 16.3 Å². The molecule has 0 spiro atoms. The third kappa shape index (κ3) is 4.16. The van der Waals surface area contributed by atoms with Crippen LogP contribution in [0.5, 0.6) is 5.75 Å². The van der Waals surface area contributed by atoms with Crippen LogP contribution in [-0.2, 0) is 6.54 Å². The lowest BCUT2D eigenvalue weighted by molar-refractivity contribution is 0.0323. The van der Waals surface area contributed by atoms with E-state index < -0.39 is 5.60 Å². The lowest BCUT2D eigenvalue weighted by atomic mass is 9.97. The topological polar surface area (TPSA) is 41.5 Å². The molecule has 0 amide bonds. The fourth-order valence-corrected chi connectivity index (χ4v) is 2.04. The molecule has 0 bridgehead atoms. The van der Waals surface area contributed by atoms with Gasteiger partial charge in [-0.05, 0) is 30.5 Å². The number of benzene rings is 1. The Morgan fingerprint density at radius 2 is 2.00 bits per heavy atom. The Hall–Kier alpha value is -0.770. The molecule has 1 rings (SSSR count). The highest BCUT2D eigenvalue weighted by Crippen LogP contribution is 2.24. The molecule has 0 heterocycles. The van der Waals surface area contributed by atoms with Crippen molar-refractivity contribution in [2.75, 3.05) is 13.7 Å². The lowest BCUT2D eigenvalue weighted by Gasteiger charge is -2.25. The van der Waals surface area contributed by atoms with Crippen LogP contribution in [0.1, 0.15) is 32.3 Å². The monoisotopic (exact) mass is 271 g/mol. The van der Waals surface area contributed by atoms with E-state index in [0.29, 0.717) is 23.9 Å². The first kappa shape index (κ1) is 15.3. The van der Waals surface area contributed by atoms with Crippen molar-refractivity contribution in [3.05, 3.63) is 28.8 Å². The van der Waals surface area contributed by atoms with E-state index in [1.54, 1.807) is 7.11 Å². The molecule has 2 N–H and O–H groups in total. The minimum absolute atomic E-state index is 0.587. The molecule has 1 aromatic rings. The van der Waals surface area contributed by atoms with Gasteiger partial charge in [-0.2, -0.15) is 0 Å². The second-order valence-electron chi connectivity index (χ2n) is 4.50. The van der Waals surface area contributed by atoms with Crippen LogP contribution in [0.25, 0.3) is 0 Å². The number of hydrogen-bond donors (Lipinski definition) is 2. The Balaban J connectivity index is 2.52. The van der Waals surface area contributed by atoms with E-state index in [9.17, 15) is 5.11 Å². The smallest absolute Gasteiger partial charge is 0.137 e. The quantitative estimate of drug-likeness (QED) is 0.801. The third-order valence-corrected chi connectivity index (χ3v) is 3.61. The molecule has 0 aliphatic rings. The van der Waals surface area contributed by atoms with Crippen LogP contribution in [0.15, 0.2) is 18.2 Å². The van der Waals surface area contributed by atoms with E-state index >= 15 is 0 Å². The Morgan fingerprint density at radius 1 is 1.33 bits per heavy atom. The molecule has 4 heteroatoms. The van der Waals surface area contributed by atoms with Crippen LogP contribution in [0.2, 0.25) is 5.02 Å². The van der Waals surface area contributed by atoms with Crippen molar-refractivity contribution in [2.45, 2.75) is 38.8 Å². The number of ether oxygens (including phenoxy) is 1. The van der Waals surface area contributed by atoms with Gasteiger partial charge in [-0.3, -0.25) is 0 Å². The highest BCUT2D eigenvalue weighted by Gasteiger charge is 2.21. The molecule has 0 aromatic heterocycles. The zero-order valence-electron chi connectivity index (χ0n) is 11.3. The summed E-state index contributed by atoms with van der Waals surface area (Å²) in [5, 5.41) is 14.0. The summed E-state index contributed by atoms with van der Waals surface area (Å²) in [5.74, 6) is 0.680. The van der Waals surface area contributed by atoms with Crippen LogP contribution in [0, 0.1) is 0 Å². The standard InChI is InChI=1S/C14H22ClNO2/c1-4-14(17,5-2)10-16-9-11-6-7-13(18-3)12(15)8-11/h6-8,16-17H,4-5,9-10H2,1-3H3. The van der Waals surface area contributed by atoms with Gasteiger partial charge >= 0.3 is 0 Å². The molecule has 0 radical (unpaired) electrons. The van der Waals surface area contributed by atoms with Gasteiger partial charge < -0.3 is 15.2 Å². The fraction of sp³-hybridized carbons (Fsp3) is 0.571. The number of methoxy groups -OCH3 is 1. The van der Waals surface area contributed by atoms with Gasteiger partial charge in [0.15, 0.2) is 0 Å². The average Bonchev–Trinajstić information content (AvgIpc) is 2.39. The van der Waals surface area contributed by atoms with E-state index in [2.05, 4.69) is 5.32 Å². The van der Waals surface area contributed by atoms with E-state index in [-0.39, 0.29) is 0 Å². The average molecular weight is 272 g/mol. The van der Waals surface area contributed by atoms with Gasteiger partial charge in [0, 0.05) is 13.1 Å². The highest BCUT2D eigenvalue weighted by molar-refractivity contribution is 6.32. The summed E-state index contributed by atoms with van der Waals surface area (Å²) in [7, 11) is 1.60. The largest absolute Gasteiger partial charge is 0.495 e. The van der Waals surface area contributed by atoms with Crippen molar-refractivity contribution in [1.82, 2.24) is 5.32 Å². The van der Waals surface area contributed by atoms with Crippen molar-refractivity contribution in [3.63, 3.8) is 0 Å². The van der Waals surface area contributed by atoms with Crippen LogP contribution < -0.4 is 10.1 Å². The van der Waals surface area contributed by atoms with Gasteiger partial charge in [0.25, 0.3) is 0 Å². The van der Waals surface area contributed by atoms with Crippen molar-refractivity contribution in [3.8, 4) is 5.75 Å². The van der Waals surface area contributed by atoms with Gasteiger partial charge in [0.2, 0.25) is 0 Å². The van der Waals surface area contributed by atoms with Crippen molar-refractivity contribution < 1.29 is 9.84 Å². The van der Waals surface area contributed by atoms with Crippen LogP contribution in [0.4, 0.5) is 0 Å². The first-order chi connectivity index (χ1) is 8.54. The Kier molecular flexibility index (Phi) is 5.93. The normalized spacial score (nSPS) is 11.6. The van der Waals surface area contributed by atoms with E-state index in [1.807, 2.05) is 32.0 Å². The zero-order chi connectivity index (χ0) is 13.6. The Bertz CT molecular complexity index is 378. The summed E-state index contributed by atoms with van der Waals surface area (Å²) >= 11 is 6.05. The molecule has 18 heavy (non-hydrogen) atoms. The van der Waals surface area contributed by atoms with E-state index in [1.165, 1.54) is 0 Å². The van der Waals surface area contributed by atoms with Crippen molar-refractivity contribution >= 4 is 11.6 Å². The number of nitrogens with one attached hydrogen (secondary N) is 1.